The third-order valence-electron chi connectivity index (χ3n) is 6.47. The Morgan fingerprint density at radius 1 is 1.14 bits per heavy atom. The predicted octanol–water partition coefficient (Wildman–Crippen LogP) is 3.72. The number of hydrogen-bond donors (Lipinski definition) is 3. The molecule has 4 rings (SSSR count). The number of halogens is 6. The highest BCUT2D eigenvalue weighted by atomic mass is 19.4. The Kier molecular flexibility index (Phi) is 6.52. The molecule has 3 aliphatic heterocycles. The van der Waals surface area contributed by atoms with Crippen LogP contribution in [0.15, 0.2) is 29.6 Å². The van der Waals surface area contributed by atoms with Gasteiger partial charge in [-0.05, 0) is 45.2 Å². The number of nitrogens with zero attached hydrogens (tertiary/aromatic N) is 4. The van der Waals surface area contributed by atoms with E-state index in [0.717, 1.165) is 4.90 Å². The van der Waals surface area contributed by atoms with Gasteiger partial charge in [0.05, 0.1) is 6.04 Å². The van der Waals surface area contributed by atoms with E-state index in [9.17, 15) is 36.2 Å². The summed E-state index contributed by atoms with van der Waals surface area (Å²) in [5.41, 5.74) is 4.06. The van der Waals surface area contributed by atoms with Crippen molar-refractivity contribution in [3.63, 3.8) is 0 Å². The molecule has 1 amide bonds. The molecule has 198 valence electrons. The Hall–Kier alpha value is -3.16. The van der Waals surface area contributed by atoms with Crippen molar-refractivity contribution in [1.29, 1.82) is 0 Å². The summed E-state index contributed by atoms with van der Waals surface area (Å²) in [6.07, 6.45) is -4.05. The molecule has 36 heavy (non-hydrogen) atoms. The number of nitrogens with one attached hydrogen (secondary N) is 2. The average molecular weight is 520 g/mol. The second-order valence-corrected chi connectivity index (χ2v) is 9.98. The summed E-state index contributed by atoms with van der Waals surface area (Å²) in [4.78, 5) is 14.9. The highest BCUT2D eigenvalue weighted by molar-refractivity contribution is 5.86. The number of alkyl halides is 3. The lowest BCUT2D eigenvalue weighted by Gasteiger charge is -2.41. The van der Waals surface area contributed by atoms with Crippen LogP contribution >= 0.6 is 0 Å². The van der Waals surface area contributed by atoms with E-state index in [1.165, 1.54) is 17.4 Å². The quantitative estimate of drug-likeness (QED) is 0.406. The number of rotatable bonds is 5. The summed E-state index contributed by atoms with van der Waals surface area (Å²) < 4.78 is 81.5. The van der Waals surface area contributed by atoms with Crippen LogP contribution in [0.5, 0.6) is 0 Å². The van der Waals surface area contributed by atoms with Gasteiger partial charge in [-0.15, -0.1) is 0 Å². The van der Waals surface area contributed by atoms with Crippen molar-refractivity contribution in [3.8, 4) is 0 Å². The van der Waals surface area contributed by atoms with Crippen molar-refractivity contribution in [2.75, 3.05) is 0 Å². The van der Waals surface area contributed by atoms with E-state index in [4.69, 9.17) is 0 Å². The fourth-order valence-electron chi connectivity index (χ4n) is 4.92. The molecule has 1 aromatic carbocycles. The molecule has 0 spiro atoms. The van der Waals surface area contributed by atoms with Gasteiger partial charge in [-0.1, -0.05) is 0 Å². The number of benzene rings is 1. The Morgan fingerprint density at radius 3 is 2.42 bits per heavy atom. The number of hydrogen-bond acceptors (Lipinski definition) is 6. The maximum Gasteiger partial charge on any atom is 0.408 e. The molecule has 1 saturated heterocycles. The smallest absolute Gasteiger partial charge is 0.408 e. The molecular formula is C22H26F6N6O2. The van der Waals surface area contributed by atoms with Gasteiger partial charge >= 0.3 is 12.3 Å². The summed E-state index contributed by atoms with van der Waals surface area (Å²) in [5.74, 6) is -3.34. The van der Waals surface area contributed by atoms with E-state index in [1.807, 2.05) is 0 Å². The van der Waals surface area contributed by atoms with Crippen LogP contribution in [-0.2, 0) is 6.42 Å². The van der Waals surface area contributed by atoms with Crippen molar-refractivity contribution in [2.45, 2.75) is 76.0 Å². The van der Waals surface area contributed by atoms with E-state index in [2.05, 4.69) is 16.0 Å². The number of carboxylic acid groups (broad SMARTS) is 1. The minimum Gasteiger partial charge on any atom is -0.465 e. The molecule has 0 radical (unpaired) electrons. The maximum absolute atomic E-state index is 14.5. The lowest BCUT2D eigenvalue weighted by Crippen LogP contribution is -2.56. The first-order valence-corrected chi connectivity index (χ1v) is 11.2. The summed E-state index contributed by atoms with van der Waals surface area (Å²) in [6.45, 7) is 4.90. The largest absolute Gasteiger partial charge is 0.465 e. The second kappa shape index (κ2) is 9.05. The summed E-state index contributed by atoms with van der Waals surface area (Å²) in [5, 5.41) is 15.6. The third kappa shape index (κ3) is 4.90. The first-order chi connectivity index (χ1) is 16.7. The molecule has 1 fully saturated rings. The maximum atomic E-state index is 14.5. The van der Waals surface area contributed by atoms with Gasteiger partial charge in [-0.3, -0.25) is 10.3 Å². The van der Waals surface area contributed by atoms with Crippen LogP contribution in [0.2, 0.25) is 0 Å². The molecule has 1 aromatic rings. The SMILES string of the molecule is CC(C)(C)N(C(=O)O)[C@@H](CC1=NNC2C3CC(C(F)(F)F)NN3C=CN12)Cc1cc(F)c(F)cc1F. The molecule has 3 unspecified atom stereocenters. The Labute approximate surface area is 203 Å². The molecule has 4 atom stereocenters. The second-order valence-electron chi connectivity index (χ2n) is 9.98. The van der Waals surface area contributed by atoms with E-state index in [1.54, 1.807) is 25.7 Å². The number of amides is 1. The molecule has 3 heterocycles. The monoisotopic (exact) mass is 520 g/mol. The molecule has 3 N–H and O–H groups in total. The van der Waals surface area contributed by atoms with E-state index in [0.29, 0.717) is 18.0 Å². The normalized spacial score (nSPS) is 24.2. The number of hydrazine groups is 1. The van der Waals surface area contributed by atoms with Crippen molar-refractivity contribution in [2.24, 2.45) is 5.10 Å². The van der Waals surface area contributed by atoms with Crippen LogP contribution in [0.1, 0.15) is 39.2 Å². The van der Waals surface area contributed by atoms with Crippen LogP contribution in [0.25, 0.3) is 0 Å². The summed E-state index contributed by atoms with van der Waals surface area (Å²) in [6, 6.07) is -2.22. The minimum atomic E-state index is -4.44. The Bertz CT molecular complexity index is 1090. The number of amidine groups is 1. The molecule has 0 saturated carbocycles. The summed E-state index contributed by atoms with van der Waals surface area (Å²) >= 11 is 0. The van der Waals surface area contributed by atoms with Crippen LogP contribution in [0.3, 0.4) is 0 Å². The Morgan fingerprint density at radius 2 is 1.81 bits per heavy atom. The van der Waals surface area contributed by atoms with Gasteiger partial charge < -0.3 is 15.0 Å². The lowest BCUT2D eigenvalue weighted by molar-refractivity contribution is -0.155. The minimum absolute atomic E-state index is 0.0707. The third-order valence-corrected chi connectivity index (χ3v) is 6.47. The van der Waals surface area contributed by atoms with Gasteiger partial charge in [0, 0.05) is 36.5 Å². The number of hydrazone groups is 1. The molecule has 0 bridgehead atoms. The van der Waals surface area contributed by atoms with E-state index in [-0.39, 0.29) is 24.8 Å². The van der Waals surface area contributed by atoms with Crippen molar-refractivity contribution in [3.05, 3.63) is 47.5 Å². The molecule has 8 nitrogen and oxygen atoms in total. The molecule has 14 heteroatoms. The van der Waals surface area contributed by atoms with Crippen molar-refractivity contribution in [1.82, 2.24) is 25.7 Å². The standard InChI is InChI=1S/C22H26F6N6O2/c1-21(2,3)34(20(35)36)12(6-11-7-14(24)15(25)9-13(11)23)8-18-29-30-19-16-10-17(22(26,27)28)31-33(16)5-4-32(18)19/h4-5,7,9,12,16-17,19,30-31H,6,8,10H2,1-3H3,(H,35,36)/t12-,16?,17?,19?/m1/s1. The van der Waals surface area contributed by atoms with Gasteiger partial charge in [-0.2, -0.15) is 18.3 Å². The number of fused-ring (bicyclic) bond motifs is 3. The van der Waals surface area contributed by atoms with Crippen molar-refractivity contribution >= 4 is 11.9 Å². The van der Waals surface area contributed by atoms with Crippen LogP contribution in [0, 0.1) is 17.5 Å². The average Bonchev–Trinajstić information content (AvgIpc) is 3.34. The first-order valence-electron chi connectivity index (χ1n) is 11.2. The van der Waals surface area contributed by atoms with Crippen LogP contribution in [0.4, 0.5) is 31.1 Å². The topological polar surface area (TPSA) is 83.4 Å². The van der Waals surface area contributed by atoms with Crippen LogP contribution in [-0.4, -0.2) is 67.9 Å². The number of carbonyl (C=O) groups is 1. The fourth-order valence-corrected chi connectivity index (χ4v) is 4.92. The Balaban J connectivity index is 1.60. The van der Waals surface area contributed by atoms with E-state index >= 15 is 0 Å². The van der Waals surface area contributed by atoms with Crippen LogP contribution < -0.4 is 10.9 Å². The van der Waals surface area contributed by atoms with Crippen molar-refractivity contribution < 1.29 is 36.2 Å². The van der Waals surface area contributed by atoms with Gasteiger partial charge in [0.2, 0.25) is 0 Å². The molecule has 0 aliphatic carbocycles. The molecule has 3 aliphatic rings. The highest BCUT2D eigenvalue weighted by Crippen LogP contribution is 2.35. The van der Waals surface area contributed by atoms with Gasteiger partial charge in [0.15, 0.2) is 11.6 Å². The van der Waals surface area contributed by atoms with Gasteiger partial charge in [-0.25, -0.2) is 23.4 Å². The fraction of sp³-hybridized carbons (Fsp3) is 0.545. The zero-order valence-corrected chi connectivity index (χ0v) is 19.7. The highest BCUT2D eigenvalue weighted by Gasteiger charge is 2.52. The predicted molar refractivity (Wildman–Crippen MR) is 117 cm³/mol. The van der Waals surface area contributed by atoms with Gasteiger partial charge in [0.1, 0.15) is 23.9 Å². The zero-order chi connectivity index (χ0) is 26.6. The molecular weight excluding hydrogens is 494 g/mol. The zero-order valence-electron chi connectivity index (χ0n) is 19.7. The summed E-state index contributed by atoms with van der Waals surface area (Å²) in [7, 11) is 0. The molecule has 0 aromatic heterocycles. The first kappa shape index (κ1) is 25.9. The van der Waals surface area contributed by atoms with Gasteiger partial charge in [0.25, 0.3) is 0 Å². The van der Waals surface area contributed by atoms with E-state index < -0.39 is 59.6 Å². The lowest BCUT2D eigenvalue weighted by atomic mass is 9.95.